The Morgan fingerprint density at radius 3 is 2.15 bits per heavy atom. The second-order valence-electron chi connectivity index (χ2n) is 6.39. The van der Waals surface area contributed by atoms with E-state index >= 15 is 0 Å². The summed E-state index contributed by atoms with van der Waals surface area (Å²) in [7, 11) is 0. The van der Waals surface area contributed by atoms with Crippen LogP contribution in [0.25, 0.3) is 0 Å². The first-order chi connectivity index (χ1) is 12.2. The molecule has 2 aromatic rings. The number of carbonyl (C=O) groups is 1. The van der Waals surface area contributed by atoms with Gasteiger partial charge in [0.25, 0.3) is 0 Å². The van der Waals surface area contributed by atoms with Crippen LogP contribution in [0, 0.1) is 0 Å². The van der Waals surface area contributed by atoms with E-state index in [4.69, 9.17) is 4.74 Å². The van der Waals surface area contributed by atoms with Crippen molar-refractivity contribution in [2.24, 2.45) is 0 Å². The molecule has 0 aliphatic carbocycles. The van der Waals surface area contributed by atoms with Crippen molar-refractivity contribution in [2.45, 2.75) is 39.7 Å². The second-order valence-corrected chi connectivity index (χ2v) is 6.39. The van der Waals surface area contributed by atoms with Crippen LogP contribution in [-0.4, -0.2) is 36.4 Å². The molecule has 0 heterocycles. The van der Waals surface area contributed by atoms with Crippen LogP contribution in [0.4, 0.5) is 0 Å². The number of ether oxygens (including phenoxy) is 1. The molecule has 0 bridgehead atoms. The molecule has 4 heteroatoms. The summed E-state index contributed by atoms with van der Waals surface area (Å²) in [6, 6.07) is 17.2. The lowest BCUT2D eigenvalue weighted by atomic mass is 10.0. The van der Waals surface area contributed by atoms with Crippen LogP contribution < -0.4 is 4.74 Å². The average Bonchev–Trinajstić information content (AvgIpc) is 2.66. The molecule has 26 heavy (non-hydrogen) atoms. The lowest BCUT2D eigenvalue weighted by Gasteiger charge is -2.28. The van der Waals surface area contributed by atoms with Gasteiger partial charge in [0.1, 0.15) is 12.4 Å². The van der Waals surface area contributed by atoms with Crippen molar-refractivity contribution in [1.29, 1.82) is 0 Å². The smallest absolute Gasteiger partial charge is 0.196 e. The molecule has 0 spiro atoms. The van der Waals surface area contributed by atoms with Crippen molar-refractivity contribution >= 4 is 29.8 Å². The third-order valence-electron chi connectivity index (χ3n) is 4.29. The Bertz CT molecular complexity index is 654. The number of para-hydroxylation sites is 1. The molecule has 0 fully saturated rings. The predicted molar refractivity (Wildman–Crippen MR) is 119 cm³/mol. The van der Waals surface area contributed by atoms with Crippen molar-refractivity contribution in [3.05, 3.63) is 65.7 Å². The maximum Gasteiger partial charge on any atom is 0.196 e. The Morgan fingerprint density at radius 1 is 0.962 bits per heavy atom. The van der Waals surface area contributed by atoms with Gasteiger partial charge in [-0.3, -0.25) is 9.69 Å². The molecule has 0 saturated heterocycles. The van der Waals surface area contributed by atoms with Crippen LogP contribution in [0.2, 0.25) is 0 Å². The van der Waals surface area contributed by atoms with Gasteiger partial charge in [-0.25, -0.2) is 0 Å². The van der Waals surface area contributed by atoms with E-state index in [1.54, 1.807) is 0 Å². The summed E-state index contributed by atoms with van der Waals surface area (Å²) in [5.74, 6) is 0.666. The van der Waals surface area contributed by atoms with E-state index < -0.39 is 0 Å². The zero-order valence-corrected chi connectivity index (χ0v) is 18.3. The molecule has 0 aliphatic heterocycles. The van der Waals surface area contributed by atoms with E-state index in [1.807, 2.05) is 54.6 Å². The van der Waals surface area contributed by atoms with E-state index in [-0.39, 0.29) is 29.8 Å². The summed E-state index contributed by atoms with van der Waals surface area (Å²) in [5.41, 5.74) is 1.31. The van der Waals surface area contributed by atoms with E-state index in [2.05, 4.69) is 25.7 Å². The summed E-state index contributed by atoms with van der Waals surface area (Å²) in [6.07, 6.45) is 2.26. The van der Waals surface area contributed by atoms with Gasteiger partial charge in [-0.15, -0.1) is 24.0 Å². The molecule has 2 rings (SSSR count). The van der Waals surface area contributed by atoms with Gasteiger partial charge in [0.05, 0.1) is 5.56 Å². The van der Waals surface area contributed by atoms with Crippen molar-refractivity contribution < 1.29 is 9.53 Å². The van der Waals surface area contributed by atoms with Gasteiger partial charge in [-0.05, 0) is 45.0 Å². The molecule has 2 aromatic carbocycles. The number of carbonyl (C=O) groups excluding carboxylic acids is 1. The summed E-state index contributed by atoms with van der Waals surface area (Å²) >= 11 is 0. The highest BCUT2D eigenvalue weighted by atomic mass is 127. The Kier molecular flexibility index (Phi) is 10.5. The minimum atomic E-state index is 0. The van der Waals surface area contributed by atoms with E-state index in [0.29, 0.717) is 29.5 Å². The lowest BCUT2D eigenvalue weighted by Crippen LogP contribution is -2.38. The zero-order valence-electron chi connectivity index (χ0n) is 16.0. The van der Waals surface area contributed by atoms with E-state index in [1.165, 1.54) is 0 Å². The predicted octanol–water partition coefficient (Wildman–Crippen LogP) is 5.42. The Hall–Kier alpha value is -1.40. The van der Waals surface area contributed by atoms with Crippen LogP contribution >= 0.6 is 24.0 Å². The third-order valence-corrected chi connectivity index (χ3v) is 4.29. The summed E-state index contributed by atoms with van der Waals surface area (Å²) < 4.78 is 6.05. The Labute approximate surface area is 174 Å². The zero-order chi connectivity index (χ0) is 18.1. The van der Waals surface area contributed by atoms with Crippen LogP contribution in [0.3, 0.4) is 0 Å². The van der Waals surface area contributed by atoms with Crippen LogP contribution in [0.15, 0.2) is 54.6 Å². The quantitative estimate of drug-likeness (QED) is 0.345. The maximum atomic E-state index is 12.8. The largest absolute Gasteiger partial charge is 0.491 e. The molecule has 1 unspecified atom stereocenters. The number of halogens is 1. The molecule has 3 nitrogen and oxygen atoms in total. The molecular weight excluding hydrogens is 437 g/mol. The van der Waals surface area contributed by atoms with Gasteiger partial charge in [0.2, 0.25) is 0 Å². The number of nitrogens with zero attached hydrogens (tertiary/aromatic N) is 1. The van der Waals surface area contributed by atoms with Crippen molar-refractivity contribution in [3.63, 3.8) is 0 Å². The summed E-state index contributed by atoms with van der Waals surface area (Å²) in [4.78, 5) is 15.2. The number of ketones is 1. The first-order valence-corrected chi connectivity index (χ1v) is 9.23. The molecule has 142 valence electrons. The fourth-order valence-corrected chi connectivity index (χ4v) is 2.97. The van der Waals surface area contributed by atoms with Gasteiger partial charge < -0.3 is 4.74 Å². The average molecular weight is 467 g/mol. The van der Waals surface area contributed by atoms with E-state index in [0.717, 1.165) is 25.9 Å². The second kappa shape index (κ2) is 12.1. The van der Waals surface area contributed by atoms with Gasteiger partial charge in [0.15, 0.2) is 5.78 Å². The molecule has 1 atom stereocenters. The fourth-order valence-electron chi connectivity index (χ4n) is 2.97. The van der Waals surface area contributed by atoms with Gasteiger partial charge in [0, 0.05) is 11.6 Å². The molecule has 0 aromatic heterocycles. The molecular formula is C22H30INO2. The molecule has 0 radical (unpaired) electrons. The highest BCUT2D eigenvalue weighted by molar-refractivity contribution is 14.0. The van der Waals surface area contributed by atoms with Crippen molar-refractivity contribution in [3.8, 4) is 5.75 Å². The Balaban J connectivity index is 0.00000338. The van der Waals surface area contributed by atoms with Crippen LogP contribution in [0.1, 0.15) is 49.5 Å². The fraction of sp³-hybridized carbons (Fsp3) is 0.409. The molecule has 0 aliphatic rings. The molecule has 0 saturated carbocycles. The highest BCUT2D eigenvalue weighted by Gasteiger charge is 2.17. The number of rotatable bonds is 10. The normalized spacial score (nSPS) is 11.7. The summed E-state index contributed by atoms with van der Waals surface area (Å²) in [6.45, 7) is 9.31. The Morgan fingerprint density at radius 2 is 1.54 bits per heavy atom. The van der Waals surface area contributed by atoms with Gasteiger partial charge in [-0.1, -0.05) is 56.3 Å². The van der Waals surface area contributed by atoms with Crippen LogP contribution in [-0.2, 0) is 0 Å². The minimum absolute atomic E-state index is 0. The van der Waals surface area contributed by atoms with Gasteiger partial charge >= 0.3 is 0 Å². The molecule has 0 amide bonds. The lowest BCUT2D eigenvalue weighted by molar-refractivity contribution is 0.103. The monoisotopic (exact) mass is 467 g/mol. The minimum Gasteiger partial charge on any atom is -0.491 e. The van der Waals surface area contributed by atoms with E-state index in [9.17, 15) is 4.79 Å². The first-order valence-electron chi connectivity index (χ1n) is 9.23. The molecule has 0 N–H and O–H groups in total. The number of benzene rings is 2. The third kappa shape index (κ3) is 6.40. The SMILES string of the molecule is CCCN(CCC)C(C)COc1ccccc1C(=O)c1ccccc1.I. The van der Waals surface area contributed by atoms with Gasteiger partial charge in [-0.2, -0.15) is 0 Å². The van der Waals surface area contributed by atoms with Crippen molar-refractivity contribution in [2.75, 3.05) is 19.7 Å². The first kappa shape index (κ1) is 22.6. The standard InChI is InChI=1S/C22H29NO2.HI/c1-4-15-23(16-5-2)18(3)17-25-21-14-10-9-13-20(21)22(24)19-11-7-6-8-12-19;/h6-14,18H,4-5,15-17H2,1-3H3;1H. The topological polar surface area (TPSA) is 29.5 Å². The van der Waals surface area contributed by atoms with Crippen molar-refractivity contribution in [1.82, 2.24) is 4.90 Å². The highest BCUT2D eigenvalue weighted by Crippen LogP contribution is 2.22. The summed E-state index contributed by atoms with van der Waals surface area (Å²) in [5, 5.41) is 0. The van der Waals surface area contributed by atoms with Crippen LogP contribution in [0.5, 0.6) is 5.75 Å². The maximum absolute atomic E-state index is 12.8. The number of hydrogen-bond donors (Lipinski definition) is 0. The number of hydrogen-bond acceptors (Lipinski definition) is 3.